The number of rotatable bonds is 7. The van der Waals surface area contributed by atoms with Crippen LogP contribution in [0, 0.1) is 5.21 Å². The minimum Gasteiger partial charge on any atom is -0.633 e. The Labute approximate surface area is 175 Å². The molecule has 0 radical (unpaired) electrons. The quantitative estimate of drug-likeness (QED) is 0.372. The van der Waals surface area contributed by atoms with Gasteiger partial charge in [0.15, 0.2) is 5.65 Å². The van der Waals surface area contributed by atoms with Gasteiger partial charge in [0.05, 0.1) is 21.2 Å². The molecular weight excluding hydrogens is 378 g/mol. The number of hydroxylamine groups is 3. The monoisotopic (exact) mass is 403 g/mol. The lowest BCUT2D eigenvalue weighted by molar-refractivity contribution is -0.853. The molecule has 154 valence electrons. The summed E-state index contributed by atoms with van der Waals surface area (Å²) in [5, 5.41) is 23.8. The highest BCUT2D eigenvalue weighted by Gasteiger charge is 2.11. The lowest BCUT2D eigenvalue weighted by atomic mass is 10.0. The van der Waals surface area contributed by atoms with Crippen LogP contribution in [0.25, 0.3) is 16.8 Å². The highest BCUT2D eigenvalue weighted by atomic mass is 16.5. The molecule has 30 heavy (non-hydrogen) atoms. The van der Waals surface area contributed by atoms with Crippen molar-refractivity contribution in [3.05, 3.63) is 83.3 Å². The molecule has 0 atom stereocenters. The first-order valence-corrected chi connectivity index (χ1v) is 9.76. The van der Waals surface area contributed by atoms with Crippen molar-refractivity contribution in [1.29, 1.82) is 0 Å². The van der Waals surface area contributed by atoms with Crippen molar-refractivity contribution in [3.8, 4) is 16.9 Å². The van der Waals surface area contributed by atoms with Gasteiger partial charge in [-0.15, -0.1) is 10.2 Å². The minimum absolute atomic E-state index is 0.347. The summed E-state index contributed by atoms with van der Waals surface area (Å²) in [6.07, 6.45) is 1.70. The Hall–Kier alpha value is -3.42. The van der Waals surface area contributed by atoms with Crippen LogP contribution in [0.4, 0.5) is 5.82 Å². The second-order valence-electron chi connectivity index (χ2n) is 7.75. The van der Waals surface area contributed by atoms with E-state index in [2.05, 4.69) is 15.5 Å². The van der Waals surface area contributed by atoms with Crippen molar-refractivity contribution >= 4 is 11.5 Å². The largest absolute Gasteiger partial charge is 0.633 e. The minimum atomic E-state index is -0.347. The van der Waals surface area contributed by atoms with Gasteiger partial charge in [0.1, 0.15) is 24.4 Å². The number of methoxy groups -OCH3 is 1. The predicted octanol–water partition coefficient (Wildman–Crippen LogP) is 4.09. The maximum atomic E-state index is 11.9. The smallest absolute Gasteiger partial charge is 0.170 e. The second kappa shape index (κ2) is 8.14. The second-order valence-corrected chi connectivity index (χ2v) is 7.75. The van der Waals surface area contributed by atoms with E-state index in [1.54, 1.807) is 27.5 Å². The van der Waals surface area contributed by atoms with Crippen LogP contribution in [0.15, 0.2) is 67.0 Å². The Morgan fingerprint density at radius 2 is 1.80 bits per heavy atom. The summed E-state index contributed by atoms with van der Waals surface area (Å²) in [7, 11) is 4.96. The average molecular weight is 403 g/mol. The first kappa shape index (κ1) is 19.9. The molecule has 0 bridgehead atoms. The van der Waals surface area contributed by atoms with Gasteiger partial charge in [-0.2, -0.15) is 0 Å². The maximum absolute atomic E-state index is 11.9. The SMILES string of the molecule is COc1ccccc1CNc1ccc(-c2ccc(C[N+](C)(C)[O-])cc2)c2nncn12. The number of anilines is 1. The molecule has 4 aromatic rings. The molecule has 0 aliphatic carbocycles. The summed E-state index contributed by atoms with van der Waals surface area (Å²) in [6.45, 7) is 1.06. The topological polar surface area (TPSA) is 74.5 Å². The van der Waals surface area contributed by atoms with Crippen molar-refractivity contribution in [2.75, 3.05) is 26.5 Å². The van der Waals surface area contributed by atoms with Crippen LogP contribution in [-0.2, 0) is 13.1 Å². The lowest BCUT2D eigenvalue weighted by Gasteiger charge is -2.33. The number of fused-ring (bicyclic) bond motifs is 1. The van der Waals surface area contributed by atoms with Crippen LogP contribution in [0.5, 0.6) is 5.75 Å². The normalized spacial score (nSPS) is 11.6. The van der Waals surface area contributed by atoms with E-state index in [0.29, 0.717) is 13.1 Å². The van der Waals surface area contributed by atoms with Gasteiger partial charge >= 0.3 is 0 Å². The van der Waals surface area contributed by atoms with Gasteiger partial charge in [-0.05, 0) is 23.8 Å². The van der Waals surface area contributed by atoms with Crippen molar-refractivity contribution in [1.82, 2.24) is 14.6 Å². The molecule has 1 N–H and O–H groups in total. The molecule has 2 aromatic carbocycles. The van der Waals surface area contributed by atoms with Gasteiger partial charge in [0.25, 0.3) is 0 Å². The first-order valence-electron chi connectivity index (χ1n) is 9.76. The van der Waals surface area contributed by atoms with Crippen molar-refractivity contribution in [2.45, 2.75) is 13.1 Å². The Balaban J connectivity index is 1.60. The van der Waals surface area contributed by atoms with Crippen LogP contribution in [0.1, 0.15) is 11.1 Å². The molecule has 0 saturated carbocycles. The van der Waals surface area contributed by atoms with E-state index in [0.717, 1.165) is 39.5 Å². The van der Waals surface area contributed by atoms with Gasteiger partial charge in [-0.25, -0.2) is 0 Å². The third-order valence-electron chi connectivity index (χ3n) is 4.94. The summed E-state index contributed by atoms with van der Waals surface area (Å²) in [6, 6.07) is 20.0. The van der Waals surface area contributed by atoms with Gasteiger partial charge in [-0.1, -0.05) is 42.5 Å². The summed E-state index contributed by atoms with van der Waals surface area (Å²) >= 11 is 0. The Morgan fingerprint density at radius 1 is 1.03 bits per heavy atom. The van der Waals surface area contributed by atoms with Gasteiger partial charge in [-0.3, -0.25) is 4.40 Å². The van der Waals surface area contributed by atoms with Gasteiger partial charge < -0.3 is 19.9 Å². The number of benzene rings is 2. The molecule has 7 heteroatoms. The van der Waals surface area contributed by atoms with Crippen LogP contribution in [0.2, 0.25) is 0 Å². The van der Waals surface area contributed by atoms with Crippen LogP contribution >= 0.6 is 0 Å². The van der Waals surface area contributed by atoms with E-state index in [4.69, 9.17) is 4.74 Å². The summed E-state index contributed by atoms with van der Waals surface area (Å²) in [5.41, 5.74) is 4.86. The number of nitrogens with one attached hydrogen (secondary N) is 1. The molecule has 0 saturated heterocycles. The Morgan fingerprint density at radius 3 is 2.53 bits per heavy atom. The van der Waals surface area contributed by atoms with Crippen molar-refractivity contribution in [3.63, 3.8) is 0 Å². The van der Waals surface area contributed by atoms with E-state index in [-0.39, 0.29) is 4.65 Å². The Kier molecular flexibility index (Phi) is 5.39. The van der Waals surface area contributed by atoms with Crippen molar-refractivity contribution in [2.24, 2.45) is 0 Å². The summed E-state index contributed by atoms with van der Waals surface area (Å²) in [4.78, 5) is 0. The van der Waals surface area contributed by atoms with Crippen LogP contribution in [0.3, 0.4) is 0 Å². The molecule has 0 aliphatic rings. The average Bonchev–Trinajstić information content (AvgIpc) is 3.22. The zero-order chi connectivity index (χ0) is 21.1. The molecule has 0 fully saturated rings. The third kappa shape index (κ3) is 4.27. The number of quaternary nitrogens is 1. The first-order chi connectivity index (χ1) is 14.4. The molecule has 0 amide bonds. The fourth-order valence-electron chi connectivity index (χ4n) is 3.55. The molecule has 0 unspecified atom stereocenters. The Bertz CT molecular complexity index is 1150. The number of hydrogen-bond acceptors (Lipinski definition) is 5. The number of hydrogen-bond donors (Lipinski definition) is 1. The number of ether oxygens (including phenoxy) is 1. The van der Waals surface area contributed by atoms with E-state index >= 15 is 0 Å². The van der Waals surface area contributed by atoms with Gasteiger partial charge in [0.2, 0.25) is 0 Å². The lowest BCUT2D eigenvalue weighted by Crippen LogP contribution is -2.30. The molecular formula is C23H25N5O2. The van der Waals surface area contributed by atoms with Crippen LogP contribution in [-0.4, -0.2) is 40.4 Å². The summed E-state index contributed by atoms with van der Waals surface area (Å²) in [5.74, 6) is 1.74. The maximum Gasteiger partial charge on any atom is 0.170 e. The van der Waals surface area contributed by atoms with E-state index in [1.165, 1.54) is 0 Å². The molecule has 2 heterocycles. The number of pyridine rings is 1. The van der Waals surface area contributed by atoms with Crippen molar-refractivity contribution < 1.29 is 9.38 Å². The zero-order valence-electron chi connectivity index (χ0n) is 17.4. The summed E-state index contributed by atoms with van der Waals surface area (Å²) < 4.78 is 7.02. The highest BCUT2D eigenvalue weighted by molar-refractivity contribution is 5.79. The van der Waals surface area contributed by atoms with Gasteiger partial charge in [0, 0.05) is 23.2 Å². The number of nitrogens with zero attached hydrogens (tertiary/aromatic N) is 4. The van der Waals surface area contributed by atoms with E-state index < -0.39 is 0 Å². The zero-order valence-corrected chi connectivity index (χ0v) is 17.4. The van der Waals surface area contributed by atoms with E-state index in [1.807, 2.05) is 65.1 Å². The molecule has 0 aliphatic heterocycles. The fraction of sp³-hybridized carbons (Fsp3) is 0.217. The van der Waals surface area contributed by atoms with E-state index in [9.17, 15) is 5.21 Å². The highest BCUT2D eigenvalue weighted by Crippen LogP contribution is 2.27. The predicted molar refractivity (Wildman–Crippen MR) is 118 cm³/mol. The number of aromatic nitrogens is 3. The molecule has 7 nitrogen and oxygen atoms in total. The van der Waals surface area contributed by atoms with Crippen LogP contribution < -0.4 is 10.1 Å². The molecule has 4 rings (SSSR count). The number of para-hydroxylation sites is 1. The molecule has 2 aromatic heterocycles. The third-order valence-corrected chi connectivity index (χ3v) is 4.94. The fourth-order valence-corrected chi connectivity index (χ4v) is 3.55. The standard InChI is InChI=1S/C23H25N5O2/c1-28(2,29)15-17-8-10-18(11-9-17)20-12-13-22(27-16-25-26-23(20)27)24-14-19-6-4-5-7-21(19)30-3/h4-13,16,24H,14-15H2,1-3H3. The molecule has 0 spiro atoms.